The average molecular weight is 551 g/mol. The van der Waals surface area contributed by atoms with Gasteiger partial charge in [0.25, 0.3) is 10.0 Å². The average Bonchev–Trinajstić information content (AvgIpc) is 2.86. The van der Waals surface area contributed by atoms with E-state index < -0.39 is 46.0 Å². The van der Waals surface area contributed by atoms with E-state index in [9.17, 15) is 31.1 Å². The molecule has 1 N–H and O–H groups in total. The molecule has 200 valence electrons. The third kappa shape index (κ3) is 5.32. The van der Waals surface area contributed by atoms with Crippen LogP contribution in [-0.4, -0.2) is 38.2 Å². The van der Waals surface area contributed by atoms with Crippen LogP contribution in [0.5, 0.6) is 17.2 Å². The van der Waals surface area contributed by atoms with Crippen molar-refractivity contribution < 1.29 is 40.6 Å². The van der Waals surface area contributed by atoms with Crippen LogP contribution in [0.15, 0.2) is 76.0 Å². The topological polar surface area (TPSA) is 88.4 Å². The first-order valence-corrected chi connectivity index (χ1v) is 13.2. The van der Waals surface area contributed by atoms with E-state index in [4.69, 9.17) is 4.74 Å². The van der Waals surface area contributed by atoms with Crippen LogP contribution in [0.4, 0.5) is 28.9 Å². The molecule has 5 rings (SSSR count). The van der Waals surface area contributed by atoms with Crippen LogP contribution in [0.1, 0.15) is 19.3 Å². The van der Waals surface area contributed by atoms with Gasteiger partial charge < -0.3 is 19.5 Å². The minimum atomic E-state index is -4.90. The highest BCUT2D eigenvalue weighted by molar-refractivity contribution is 7.90. The number of ether oxygens (including phenoxy) is 2. The van der Waals surface area contributed by atoms with E-state index in [-0.39, 0.29) is 4.90 Å². The predicted octanol–water partition coefficient (Wildman–Crippen LogP) is 5.96. The van der Waals surface area contributed by atoms with E-state index in [1.807, 2.05) is 4.90 Å². The molecule has 38 heavy (non-hydrogen) atoms. The first-order chi connectivity index (χ1) is 18.0. The Balaban J connectivity index is 1.40. The van der Waals surface area contributed by atoms with Crippen LogP contribution >= 0.6 is 0 Å². The Morgan fingerprint density at radius 1 is 1.00 bits per heavy atom. The Bertz CT molecular complexity index is 1460. The maximum Gasteiger partial charge on any atom is 0.573 e. The van der Waals surface area contributed by atoms with Gasteiger partial charge in [0, 0.05) is 18.2 Å². The number of benzene rings is 3. The number of hydrogen-bond acceptors (Lipinski definition) is 6. The molecule has 0 aromatic heterocycles. The Labute approximate surface area is 216 Å². The van der Waals surface area contributed by atoms with Crippen LogP contribution in [-0.2, 0) is 10.0 Å². The smallest absolute Gasteiger partial charge is 0.453 e. The molecular formula is C26H22F4N2O5S. The SMILES string of the molecule is O=S(=O)(/N=C/C1CCC[C@H](N2c3ccccc3Oc3ccc(F)cc32)[C@H]1O)c1ccc(OC(F)(F)F)cc1. The van der Waals surface area contributed by atoms with E-state index in [1.165, 1.54) is 18.2 Å². The van der Waals surface area contributed by atoms with Crippen molar-refractivity contribution in [3.05, 3.63) is 72.5 Å². The summed E-state index contributed by atoms with van der Waals surface area (Å²) in [6, 6.07) is 14.4. The predicted molar refractivity (Wildman–Crippen MR) is 131 cm³/mol. The number of para-hydroxylation sites is 2. The molecule has 3 aromatic carbocycles. The summed E-state index contributed by atoms with van der Waals surface area (Å²) in [5.41, 5.74) is 1.08. The molecule has 1 fully saturated rings. The number of aliphatic hydroxyl groups excluding tert-OH is 1. The molecule has 1 aliphatic carbocycles. The molecule has 0 amide bonds. The van der Waals surface area contributed by atoms with Gasteiger partial charge in [0.15, 0.2) is 11.5 Å². The van der Waals surface area contributed by atoms with Gasteiger partial charge in [-0.25, -0.2) is 4.39 Å². The van der Waals surface area contributed by atoms with Gasteiger partial charge in [0.1, 0.15) is 11.6 Å². The first kappa shape index (κ1) is 26.0. The molecule has 3 aromatic rings. The molecule has 0 radical (unpaired) electrons. The molecule has 1 unspecified atom stereocenters. The number of halogens is 4. The zero-order valence-electron chi connectivity index (χ0n) is 19.7. The van der Waals surface area contributed by atoms with Gasteiger partial charge in [-0.1, -0.05) is 18.6 Å². The molecular weight excluding hydrogens is 528 g/mol. The molecule has 0 bridgehead atoms. The summed E-state index contributed by atoms with van der Waals surface area (Å²) in [4.78, 5) is 1.49. The Kier molecular flexibility index (Phi) is 6.78. The van der Waals surface area contributed by atoms with Crippen LogP contribution in [0.2, 0.25) is 0 Å². The standard InChI is InChI=1S/C26H22F4N2O5S/c27-17-8-13-24-22(14-17)32(20-5-1-2-7-23(20)36-24)21-6-3-4-16(25(21)33)15-31-38(34,35)19-11-9-18(10-12-19)37-26(28,29)30/h1-2,5,7-16,21,25,33H,3-4,6H2/b31-15+/t16?,21-,25-/m0/s1. The number of aliphatic hydroxyl groups is 1. The second-order valence-electron chi connectivity index (χ2n) is 8.95. The number of sulfonamides is 1. The lowest BCUT2D eigenvalue weighted by atomic mass is 9.82. The second kappa shape index (κ2) is 9.91. The van der Waals surface area contributed by atoms with Crippen molar-refractivity contribution in [1.82, 2.24) is 0 Å². The van der Waals surface area contributed by atoms with Crippen molar-refractivity contribution in [1.29, 1.82) is 0 Å². The Hall–Kier alpha value is -3.64. The highest BCUT2D eigenvalue weighted by atomic mass is 32.2. The Morgan fingerprint density at radius 2 is 1.71 bits per heavy atom. The second-order valence-corrected chi connectivity index (χ2v) is 10.6. The molecule has 7 nitrogen and oxygen atoms in total. The fraction of sp³-hybridized carbons (Fsp3) is 0.269. The molecule has 12 heteroatoms. The fourth-order valence-electron chi connectivity index (χ4n) is 4.78. The van der Waals surface area contributed by atoms with Crippen LogP contribution < -0.4 is 14.4 Å². The van der Waals surface area contributed by atoms with E-state index in [1.54, 1.807) is 24.3 Å². The van der Waals surface area contributed by atoms with Gasteiger partial charge in [-0.05, 0) is 61.4 Å². The summed E-state index contributed by atoms with van der Waals surface area (Å²) in [6.07, 6.45) is -3.18. The molecule has 1 aliphatic heterocycles. The molecule has 1 heterocycles. The quantitative estimate of drug-likeness (QED) is 0.312. The minimum Gasteiger partial charge on any atom is -0.453 e. The van der Waals surface area contributed by atoms with E-state index in [2.05, 4.69) is 9.13 Å². The van der Waals surface area contributed by atoms with Gasteiger partial charge in [-0.3, -0.25) is 0 Å². The van der Waals surface area contributed by atoms with Crippen molar-refractivity contribution in [2.75, 3.05) is 4.90 Å². The molecule has 3 atom stereocenters. The number of anilines is 2. The first-order valence-electron chi connectivity index (χ1n) is 11.7. The number of hydrogen-bond donors (Lipinski definition) is 1. The molecule has 0 saturated heterocycles. The number of fused-ring (bicyclic) bond motifs is 2. The third-order valence-corrected chi connectivity index (χ3v) is 7.74. The zero-order valence-corrected chi connectivity index (χ0v) is 20.5. The van der Waals surface area contributed by atoms with E-state index >= 15 is 0 Å². The Morgan fingerprint density at radius 3 is 2.45 bits per heavy atom. The lowest BCUT2D eigenvalue weighted by Gasteiger charge is -2.44. The fourth-order valence-corrected chi connectivity index (χ4v) is 5.70. The highest BCUT2D eigenvalue weighted by Crippen LogP contribution is 2.49. The summed E-state index contributed by atoms with van der Waals surface area (Å²) in [7, 11) is -4.25. The van der Waals surface area contributed by atoms with Crippen molar-refractivity contribution in [2.45, 2.75) is 42.7 Å². The van der Waals surface area contributed by atoms with E-state index in [0.717, 1.165) is 30.5 Å². The van der Waals surface area contributed by atoms with Crippen LogP contribution in [0, 0.1) is 11.7 Å². The maximum absolute atomic E-state index is 14.2. The summed E-state index contributed by atoms with van der Waals surface area (Å²) in [6.45, 7) is 0. The molecule has 0 spiro atoms. The summed E-state index contributed by atoms with van der Waals surface area (Å²) >= 11 is 0. The zero-order chi connectivity index (χ0) is 27.1. The van der Waals surface area contributed by atoms with Crippen LogP contribution in [0.3, 0.4) is 0 Å². The number of rotatable bonds is 5. The lowest BCUT2D eigenvalue weighted by Crippen LogP contribution is -2.48. The summed E-state index contributed by atoms with van der Waals surface area (Å²) in [5, 5.41) is 11.3. The van der Waals surface area contributed by atoms with Gasteiger partial charge in [0.2, 0.25) is 0 Å². The van der Waals surface area contributed by atoms with Crippen molar-refractivity contribution >= 4 is 27.6 Å². The largest absolute Gasteiger partial charge is 0.573 e. The van der Waals surface area contributed by atoms with E-state index in [0.29, 0.717) is 42.1 Å². The summed E-state index contributed by atoms with van der Waals surface area (Å²) < 4.78 is 90.2. The monoisotopic (exact) mass is 550 g/mol. The van der Waals surface area contributed by atoms with Crippen molar-refractivity contribution in [3.63, 3.8) is 0 Å². The van der Waals surface area contributed by atoms with Crippen molar-refractivity contribution in [3.8, 4) is 17.2 Å². The minimum absolute atomic E-state index is 0.323. The third-order valence-electron chi connectivity index (χ3n) is 6.47. The molecule has 1 saturated carbocycles. The van der Waals surface area contributed by atoms with Gasteiger partial charge >= 0.3 is 6.36 Å². The highest BCUT2D eigenvalue weighted by Gasteiger charge is 2.39. The number of nitrogens with zero attached hydrogens (tertiary/aromatic N) is 2. The summed E-state index contributed by atoms with van der Waals surface area (Å²) in [5.74, 6) is -0.724. The number of alkyl halides is 3. The maximum atomic E-state index is 14.2. The van der Waals surface area contributed by atoms with Gasteiger partial charge in [-0.15, -0.1) is 13.2 Å². The van der Waals surface area contributed by atoms with Gasteiger partial charge in [0.05, 0.1) is 28.4 Å². The molecule has 2 aliphatic rings. The normalized spacial score (nSPS) is 21.5. The van der Waals surface area contributed by atoms with Gasteiger partial charge in [-0.2, -0.15) is 12.8 Å². The van der Waals surface area contributed by atoms with Crippen molar-refractivity contribution in [2.24, 2.45) is 10.3 Å². The lowest BCUT2D eigenvalue weighted by molar-refractivity contribution is -0.274. The van der Waals surface area contributed by atoms with Crippen LogP contribution in [0.25, 0.3) is 0 Å².